The van der Waals surface area contributed by atoms with E-state index in [4.69, 9.17) is 5.11 Å². The first kappa shape index (κ1) is 10.2. The van der Waals surface area contributed by atoms with Crippen molar-refractivity contribution in [3.8, 4) is 0 Å². The lowest BCUT2D eigenvalue weighted by Gasteiger charge is -2.01. The number of carbonyl (C=O) groups is 1. The van der Waals surface area contributed by atoms with Gasteiger partial charge in [-0.1, -0.05) is 6.07 Å². The van der Waals surface area contributed by atoms with Crippen LogP contribution in [0.15, 0.2) is 29.1 Å². The molecule has 5 heteroatoms. The molecule has 4 nitrogen and oxygen atoms in total. The normalized spacial score (nSPS) is 10.5. The highest BCUT2D eigenvalue weighted by Gasteiger charge is 2.10. The summed E-state index contributed by atoms with van der Waals surface area (Å²) in [4.78, 5) is 24.6. The molecule has 15 heavy (non-hydrogen) atoms. The first-order chi connectivity index (χ1) is 7.09. The van der Waals surface area contributed by atoms with Gasteiger partial charge in [0.25, 0.3) is 5.56 Å². The number of halogens is 1. The number of fused-ring (bicyclic) bond motifs is 1. The average Bonchev–Trinajstić information content (AvgIpc) is 2.16. The number of hydrogen-bond acceptors (Lipinski definition) is 2. The van der Waals surface area contributed by atoms with Gasteiger partial charge in [-0.05, 0) is 40.8 Å². The van der Waals surface area contributed by atoms with Crippen molar-refractivity contribution in [3.05, 3.63) is 43.8 Å². The molecule has 1 aromatic carbocycles. The number of pyridine rings is 1. The van der Waals surface area contributed by atoms with Crippen LogP contribution in [0.2, 0.25) is 0 Å². The molecular formula is C10H6INO3. The Kier molecular flexibility index (Phi) is 2.47. The van der Waals surface area contributed by atoms with Crippen molar-refractivity contribution in [1.29, 1.82) is 0 Å². The van der Waals surface area contributed by atoms with Gasteiger partial charge < -0.3 is 10.1 Å². The molecule has 1 heterocycles. The minimum absolute atomic E-state index is 0.230. The van der Waals surface area contributed by atoms with Gasteiger partial charge in [-0.15, -0.1) is 0 Å². The third-order valence-corrected chi connectivity index (χ3v) is 3.01. The number of H-pyrrole nitrogens is 1. The average molecular weight is 315 g/mol. The van der Waals surface area contributed by atoms with Crippen LogP contribution in [0.25, 0.3) is 10.9 Å². The van der Waals surface area contributed by atoms with Crippen LogP contribution in [0.1, 0.15) is 10.4 Å². The van der Waals surface area contributed by atoms with E-state index in [1.807, 2.05) is 6.07 Å². The Morgan fingerprint density at radius 1 is 1.40 bits per heavy atom. The molecule has 0 aliphatic heterocycles. The van der Waals surface area contributed by atoms with Gasteiger partial charge >= 0.3 is 5.97 Å². The maximum Gasteiger partial charge on any atom is 0.341 e. The highest BCUT2D eigenvalue weighted by atomic mass is 127. The van der Waals surface area contributed by atoms with Crippen LogP contribution in [0, 0.1) is 3.57 Å². The van der Waals surface area contributed by atoms with E-state index in [1.165, 1.54) is 6.07 Å². The molecule has 0 radical (unpaired) electrons. The molecule has 0 aliphatic carbocycles. The van der Waals surface area contributed by atoms with E-state index in [2.05, 4.69) is 27.6 Å². The molecule has 2 rings (SSSR count). The van der Waals surface area contributed by atoms with Crippen molar-refractivity contribution in [3.63, 3.8) is 0 Å². The molecule has 0 amide bonds. The SMILES string of the molecule is O=C(O)c1cc2c(I)cccc2[nH]c1=O. The molecule has 0 saturated carbocycles. The Labute approximate surface area is 98.1 Å². The maximum absolute atomic E-state index is 11.3. The summed E-state index contributed by atoms with van der Waals surface area (Å²) < 4.78 is 0.906. The summed E-state index contributed by atoms with van der Waals surface area (Å²) in [6.07, 6.45) is 0. The molecule has 0 unspecified atom stereocenters. The van der Waals surface area contributed by atoms with Crippen molar-refractivity contribution < 1.29 is 9.90 Å². The standard InChI is InChI=1S/C10H6INO3/c11-7-2-1-3-8-5(7)4-6(10(14)15)9(13)12-8/h1-4H,(H,12,13)(H,14,15). The molecule has 2 N–H and O–H groups in total. The number of aromatic carboxylic acids is 1. The summed E-state index contributed by atoms with van der Waals surface area (Å²) in [5.74, 6) is -1.21. The number of carboxylic acids is 1. The molecule has 1 aromatic heterocycles. The highest BCUT2D eigenvalue weighted by Crippen LogP contribution is 2.18. The molecule has 0 bridgehead atoms. The fraction of sp³-hybridized carbons (Fsp3) is 0. The smallest absolute Gasteiger partial charge is 0.341 e. The van der Waals surface area contributed by atoms with E-state index in [1.54, 1.807) is 12.1 Å². The van der Waals surface area contributed by atoms with Gasteiger partial charge in [0, 0.05) is 14.5 Å². The summed E-state index contributed by atoms with van der Waals surface area (Å²) in [6, 6.07) is 6.80. The Balaban J connectivity index is 2.90. The number of carboxylic acid groups (broad SMARTS) is 1. The highest BCUT2D eigenvalue weighted by molar-refractivity contribution is 14.1. The lowest BCUT2D eigenvalue weighted by molar-refractivity contribution is 0.0695. The van der Waals surface area contributed by atoms with Crippen molar-refractivity contribution in [2.45, 2.75) is 0 Å². The molecular weight excluding hydrogens is 309 g/mol. The monoisotopic (exact) mass is 315 g/mol. The number of hydrogen-bond donors (Lipinski definition) is 2. The predicted molar refractivity (Wildman–Crippen MR) is 64.2 cm³/mol. The van der Waals surface area contributed by atoms with Crippen molar-refractivity contribution in [2.24, 2.45) is 0 Å². The Hall–Kier alpha value is -1.37. The van der Waals surface area contributed by atoms with Gasteiger partial charge in [-0.25, -0.2) is 4.79 Å². The van der Waals surface area contributed by atoms with E-state index >= 15 is 0 Å². The lowest BCUT2D eigenvalue weighted by atomic mass is 10.1. The summed E-state index contributed by atoms with van der Waals surface area (Å²) >= 11 is 2.09. The van der Waals surface area contributed by atoms with E-state index in [0.29, 0.717) is 5.52 Å². The number of aromatic nitrogens is 1. The number of benzene rings is 1. The Morgan fingerprint density at radius 2 is 2.13 bits per heavy atom. The van der Waals surface area contributed by atoms with Crippen LogP contribution in [0.3, 0.4) is 0 Å². The van der Waals surface area contributed by atoms with Crippen LogP contribution in [-0.2, 0) is 0 Å². The molecule has 0 fully saturated rings. The second kappa shape index (κ2) is 3.65. The lowest BCUT2D eigenvalue weighted by Crippen LogP contribution is -2.17. The van der Waals surface area contributed by atoms with Crippen LogP contribution < -0.4 is 5.56 Å². The first-order valence-corrected chi connectivity index (χ1v) is 5.22. The second-order valence-electron chi connectivity index (χ2n) is 3.02. The van der Waals surface area contributed by atoms with Crippen molar-refractivity contribution in [2.75, 3.05) is 0 Å². The summed E-state index contributed by atoms with van der Waals surface area (Å²) in [7, 11) is 0. The van der Waals surface area contributed by atoms with E-state index in [-0.39, 0.29) is 5.56 Å². The zero-order chi connectivity index (χ0) is 11.0. The van der Waals surface area contributed by atoms with Gasteiger partial charge in [0.15, 0.2) is 0 Å². The number of nitrogens with one attached hydrogen (secondary N) is 1. The predicted octanol–water partition coefficient (Wildman–Crippen LogP) is 1.83. The van der Waals surface area contributed by atoms with E-state index < -0.39 is 11.5 Å². The number of aromatic amines is 1. The molecule has 0 saturated heterocycles. The van der Waals surface area contributed by atoms with Crippen LogP contribution in [0.4, 0.5) is 0 Å². The zero-order valence-corrected chi connectivity index (χ0v) is 9.61. The second-order valence-corrected chi connectivity index (χ2v) is 4.18. The van der Waals surface area contributed by atoms with Gasteiger partial charge in [-0.2, -0.15) is 0 Å². The van der Waals surface area contributed by atoms with Gasteiger partial charge in [0.2, 0.25) is 0 Å². The third kappa shape index (κ3) is 1.74. The minimum atomic E-state index is -1.21. The quantitative estimate of drug-likeness (QED) is 0.789. The fourth-order valence-electron chi connectivity index (χ4n) is 1.35. The van der Waals surface area contributed by atoms with E-state index in [9.17, 15) is 9.59 Å². The largest absolute Gasteiger partial charge is 0.477 e. The Bertz CT molecular complexity index is 603. The zero-order valence-electron chi connectivity index (χ0n) is 7.45. The summed E-state index contributed by atoms with van der Waals surface area (Å²) in [5, 5.41) is 9.54. The Morgan fingerprint density at radius 3 is 2.80 bits per heavy atom. The molecule has 76 valence electrons. The summed E-state index contributed by atoms with van der Waals surface area (Å²) in [5.41, 5.74) is -0.152. The van der Waals surface area contributed by atoms with Crippen LogP contribution in [-0.4, -0.2) is 16.1 Å². The van der Waals surface area contributed by atoms with Crippen molar-refractivity contribution >= 4 is 39.5 Å². The molecule has 0 aliphatic rings. The first-order valence-electron chi connectivity index (χ1n) is 4.14. The van der Waals surface area contributed by atoms with Crippen molar-refractivity contribution in [1.82, 2.24) is 4.98 Å². The van der Waals surface area contributed by atoms with Crippen LogP contribution >= 0.6 is 22.6 Å². The molecule has 2 aromatic rings. The molecule has 0 spiro atoms. The number of rotatable bonds is 1. The summed E-state index contributed by atoms with van der Waals surface area (Å²) in [6.45, 7) is 0. The van der Waals surface area contributed by atoms with Gasteiger partial charge in [0.05, 0.1) is 0 Å². The van der Waals surface area contributed by atoms with Crippen LogP contribution in [0.5, 0.6) is 0 Å². The molecule has 0 atom stereocenters. The topological polar surface area (TPSA) is 70.2 Å². The fourth-order valence-corrected chi connectivity index (χ4v) is 2.00. The maximum atomic E-state index is 11.3. The minimum Gasteiger partial charge on any atom is -0.477 e. The third-order valence-electron chi connectivity index (χ3n) is 2.06. The van der Waals surface area contributed by atoms with Gasteiger partial charge in [-0.3, -0.25) is 4.79 Å². The van der Waals surface area contributed by atoms with Gasteiger partial charge in [0.1, 0.15) is 5.56 Å². The van der Waals surface area contributed by atoms with E-state index in [0.717, 1.165) is 8.96 Å².